The van der Waals surface area contributed by atoms with Crippen LogP contribution >= 0.6 is 0 Å². The molecular weight excluding hydrogens is 238 g/mol. The van der Waals surface area contributed by atoms with Crippen LogP contribution < -0.4 is 5.32 Å². The molecule has 1 aliphatic rings. The minimum absolute atomic E-state index is 0.185. The zero-order valence-electron chi connectivity index (χ0n) is 13.9. The fourth-order valence-electron chi connectivity index (χ4n) is 2.92. The Labute approximate surface area is 119 Å². The van der Waals surface area contributed by atoms with Crippen molar-refractivity contribution in [1.82, 2.24) is 5.32 Å². The number of rotatable bonds is 7. The summed E-state index contributed by atoms with van der Waals surface area (Å²) in [5, 5.41) is 3.55. The van der Waals surface area contributed by atoms with Crippen molar-refractivity contribution in [2.75, 3.05) is 19.7 Å². The Kier molecular flexibility index (Phi) is 5.44. The summed E-state index contributed by atoms with van der Waals surface area (Å²) < 4.78 is 11.4. The average molecular weight is 271 g/mol. The van der Waals surface area contributed by atoms with E-state index in [1.54, 1.807) is 0 Å². The molecule has 1 heterocycles. The van der Waals surface area contributed by atoms with Crippen LogP contribution in [0, 0.1) is 10.8 Å². The third kappa shape index (κ3) is 6.24. The monoisotopic (exact) mass is 271 g/mol. The van der Waals surface area contributed by atoms with Gasteiger partial charge in [-0.05, 0) is 31.1 Å². The maximum atomic E-state index is 5.80. The van der Waals surface area contributed by atoms with E-state index in [4.69, 9.17) is 9.47 Å². The lowest BCUT2D eigenvalue weighted by molar-refractivity contribution is -0.137. The summed E-state index contributed by atoms with van der Waals surface area (Å²) >= 11 is 0. The van der Waals surface area contributed by atoms with Gasteiger partial charge in [0.05, 0.1) is 12.7 Å². The molecule has 1 aliphatic heterocycles. The lowest BCUT2D eigenvalue weighted by Crippen LogP contribution is -2.38. The molecule has 0 bridgehead atoms. The van der Waals surface area contributed by atoms with Crippen LogP contribution in [-0.4, -0.2) is 31.6 Å². The van der Waals surface area contributed by atoms with Gasteiger partial charge in [0.15, 0.2) is 5.79 Å². The summed E-state index contributed by atoms with van der Waals surface area (Å²) in [6.07, 6.45) is 2.64. The molecule has 0 aliphatic carbocycles. The summed E-state index contributed by atoms with van der Waals surface area (Å²) in [5.41, 5.74) is 0.731. The molecular formula is C16H33NO2. The normalized spacial score (nSPS) is 23.8. The predicted octanol–water partition coefficient (Wildman–Crippen LogP) is 3.58. The summed E-state index contributed by atoms with van der Waals surface area (Å²) in [6.45, 7) is 18.2. The molecule has 1 rings (SSSR count). The first-order chi connectivity index (χ1) is 8.55. The maximum absolute atomic E-state index is 5.80. The zero-order valence-corrected chi connectivity index (χ0v) is 13.9. The van der Waals surface area contributed by atoms with Crippen LogP contribution in [0.25, 0.3) is 0 Å². The standard InChI is InChI=1S/C16H33NO2/c1-8-14(2,3)11-15(4,5)12-17-9-13-10-18-16(6,7)19-13/h13,17H,8-12H2,1-7H3. The highest BCUT2D eigenvalue weighted by Crippen LogP contribution is 2.35. The molecule has 0 radical (unpaired) electrons. The van der Waals surface area contributed by atoms with E-state index in [1.165, 1.54) is 12.8 Å². The van der Waals surface area contributed by atoms with Crippen molar-refractivity contribution in [1.29, 1.82) is 0 Å². The Bertz CT molecular complexity index is 284. The number of hydrogen-bond acceptors (Lipinski definition) is 3. The number of nitrogens with one attached hydrogen (secondary N) is 1. The van der Waals surface area contributed by atoms with Gasteiger partial charge < -0.3 is 14.8 Å². The van der Waals surface area contributed by atoms with Crippen molar-refractivity contribution < 1.29 is 9.47 Å². The molecule has 1 atom stereocenters. The minimum atomic E-state index is -0.411. The van der Waals surface area contributed by atoms with Crippen molar-refractivity contribution in [3.05, 3.63) is 0 Å². The van der Waals surface area contributed by atoms with Gasteiger partial charge in [-0.25, -0.2) is 0 Å². The van der Waals surface area contributed by atoms with E-state index in [0.717, 1.165) is 13.1 Å². The highest BCUT2D eigenvalue weighted by Gasteiger charge is 2.33. The molecule has 3 heteroatoms. The highest BCUT2D eigenvalue weighted by molar-refractivity contribution is 4.81. The molecule has 114 valence electrons. The fraction of sp³-hybridized carbons (Fsp3) is 1.00. The molecule has 19 heavy (non-hydrogen) atoms. The van der Waals surface area contributed by atoms with Gasteiger partial charge in [-0.2, -0.15) is 0 Å². The van der Waals surface area contributed by atoms with Gasteiger partial charge in [0.1, 0.15) is 0 Å². The smallest absolute Gasteiger partial charge is 0.163 e. The average Bonchev–Trinajstić information content (AvgIpc) is 2.56. The summed E-state index contributed by atoms with van der Waals surface area (Å²) in [5.74, 6) is -0.411. The highest BCUT2D eigenvalue weighted by atomic mass is 16.7. The number of hydrogen-bond donors (Lipinski definition) is 1. The fourth-order valence-corrected chi connectivity index (χ4v) is 2.92. The largest absolute Gasteiger partial charge is 0.348 e. The summed E-state index contributed by atoms with van der Waals surface area (Å²) in [4.78, 5) is 0. The molecule has 0 spiro atoms. The van der Waals surface area contributed by atoms with Gasteiger partial charge in [0.2, 0.25) is 0 Å². The first kappa shape index (κ1) is 16.9. The third-order valence-electron chi connectivity index (χ3n) is 3.96. The Balaban J connectivity index is 2.28. The van der Waals surface area contributed by atoms with E-state index in [2.05, 4.69) is 39.9 Å². The SMILES string of the molecule is CCC(C)(C)CC(C)(C)CNCC1COC(C)(C)O1. The van der Waals surface area contributed by atoms with Crippen molar-refractivity contribution >= 4 is 0 Å². The van der Waals surface area contributed by atoms with Crippen molar-refractivity contribution in [3.8, 4) is 0 Å². The molecule has 1 fully saturated rings. The minimum Gasteiger partial charge on any atom is -0.348 e. The van der Waals surface area contributed by atoms with Crippen molar-refractivity contribution in [3.63, 3.8) is 0 Å². The Hall–Kier alpha value is -0.120. The van der Waals surface area contributed by atoms with E-state index in [-0.39, 0.29) is 6.10 Å². The van der Waals surface area contributed by atoms with Crippen LogP contribution in [0.3, 0.4) is 0 Å². The van der Waals surface area contributed by atoms with Crippen molar-refractivity contribution in [2.45, 2.75) is 73.2 Å². The van der Waals surface area contributed by atoms with Gasteiger partial charge in [-0.3, -0.25) is 0 Å². The molecule has 1 saturated heterocycles. The van der Waals surface area contributed by atoms with Crippen LogP contribution in [0.4, 0.5) is 0 Å². The van der Waals surface area contributed by atoms with Gasteiger partial charge in [0.25, 0.3) is 0 Å². The van der Waals surface area contributed by atoms with E-state index in [0.29, 0.717) is 17.4 Å². The molecule has 1 unspecified atom stereocenters. The third-order valence-corrected chi connectivity index (χ3v) is 3.96. The van der Waals surface area contributed by atoms with Gasteiger partial charge >= 0.3 is 0 Å². The van der Waals surface area contributed by atoms with Gasteiger partial charge in [-0.1, -0.05) is 41.0 Å². The van der Waals surface area contributed by atoms with Crippen LogP contribution in [0.1, 0.15) is 61.3 Å². The zero-order chi connectivity index (χ0) is 14.7. The Morgan fingerprint density at radius 1 is 1.16 bits per heavy atom. The molecule has 3 nitrogen and oxygen atoms in total. The van der Waals surface area contributed by atoms with Crippen molar-refractivity contribution in [2.24, 2.45) is 10.8 Å². The van der Waals surface area contributed by atoms with Gasteiger partial charge in [-0.15, -0.1) is 0 Å². The lowest BCUT2D eigenvalue weighted by Gasteiger charge is -2.34. The van der Waals surface area contributed by atoms with Gasteiger partial charge in [0, 0.05) is 13.1 Å². The van der Waals surface area contributed by atoms with E-state index in [1.807, 2.05) is 13.8 Å². The molecule has 0 amide bonds. The van der Waals surface area contributed by atoms with Crippen LogP contribution in [0.5, 0.6) is 0 Å². The first-order valence-electron chi connectivity index (χ1n) is 7.58. The number of ether oxygens (including phenoxy) is 2. The van der Waals surface area contributed by atoms with Crippen LogP contribution in [0.15, 0.2) is 0 Å². The van der Waals surface area contributed by atoms with Crippen LogP contribution in [0.2, 0.25) is 0 Å². The second-order valence-electron chi connectivity index (χ2n) is 7.94. The Morgan fingerprint density at radius 3 is 2.26 bits per heavy atom. The quantitative estimate of drug-likeness (QED) is 0.767. The topological polar surface area (TPSA) is 30.5 Å². The van der Waals surface area contributed by atoms with E-state index in [9.17, 15) is 0 Å². The predicted molar refractivity (Wildman–Crippen MR) is 80.2 cm³/mol. The molecule has 0 aromatic rings. The molecule has 0 saturated carbocycles. The summed E-state index contributed by atoms with van der Waals surface area (Å²) in [6, 6.07) is 0. The molecule has 0 aromatic heterocycles. The second kappa shape index (κ2) is 6.11. The maximum Gasteiger partial charge on any atom is 0.163 e. The molecule has 1 N–H and O–H groups in total. The lowest BCUT2D eigenvalue weighted by atomic mass is 9.73. The molecule has 0 aromatic carbocycles. The van der Waals surface area contributed by atoms with E-state index >= 15 is 0 Å². The van der Waals surface area contributed by atoms with E-state index < -0.39 is 5.79 Å². The van der Waals surface area contributed by atoms with Crippen LogP contribution in [-0.2, 0) is 9.47 Å². The first-order valence-corrected chi connectivity index (χ1v) is 7.58. The Morgan fingerprint density at radius 2 is 1.79 bits per heavy atom. The summed E-state index contributed by atoms with van der Waals surface area (Å²) in [7, 11) is 0. The second-order valence-corrected chi connectivity index (χ2v) is 7.94.